The highest BCUT2D eigenvalue weighted by molar-refractivity contribution is 7.93. The molecular weight excluding hydrogens is 647 g/mol. The van der Waals surface area contributed by atoms with E-state index < -0.39 is 72.9 Å². The topological polar surface area (TPSA) is 144 Å². The monoisotopic (exact) mass is 687 g/mol. The molecule has 254 valence electrons. The molecule has 2 amide bonds. The maximum absolute atomic E-state index is 14.2. The number of nitrogens with zero attached hydrogens (tertiary/aromatic N) is 2. The summed E-state index contributed by atoms with van der Waals surface area (Å²) in [6.45, 7) is 5.19. The van der Waals surface area contributed by atoms with Crippen molar-refractivity contribution in [3.8, 4) is 0 Å². The molecule has 0 aliphatic carbocycles. The number of piperidine rings is 1. The number of carbonyl (C=O) groups is 2. The maximum atomic E-state index is 14.2. The van der Waals surface area contributed by atoms with Crippen LogP contribution in [0.25, 0.3) is 0 Å². The molecule has 2 bridgehead atoms. The number of rotatable bonds is 13. The summed E-state index contributed by atoms with van der Waals surface area (Å²) in [5.41, 5.74) is 4.72. The Labute approximate surface area is 268 Å². The molecule has 46 heavy (non-hydrogen) atoms. The number of fused-ring (bicyclic) bond motifs is 2. The Kier molecular flexibility index (Phi) is 11.2. The number of benzene rings is 2. The second-order valence-electron chi connectivity index (χ2n) is 12.0. The van der Waals surface area contributed by atoms with Gasteiger partial charge in [-0.1, -0.05) is 17.7 Å². The lowest BCUT2D eigenvalue weighted by Gasteiger charge is -2.41. The summed E-state index contributed by atoms with van der Waals surface area (Å²) in [5.74, 6) is -5.82. The van der Waals surface area contributed by atoms with Gasteiger partial charge in [-0.2, -0.15) is 8.42 Å². The van der Waals surface area contributed by atoms with Gasteiger partial charge in [-0.3, -0.25) is 9.59 Å². The van der Waals surface area contributed by atoms with Gasteiger partial charge in [-0.25, -0.2) is 25.8 Å². The van der Waals surface area contributed by atoms with E-state index in [0.717, 1.165) is 16.5 Å². The van der Waals surface area contributed by atoms with E-state index in [1.165, 1.54) is 24.3 Å². The van der Waals surface area contributed by atoms with E-state index >= 15 is 0 Å². The number of halogens is 3. The van der Waals surface area contributed by atoms with Crippen LogP contribution in [0.5, 0.6) is 0 Å². The van der Waals surface area contributed by atoms with E-state index in [4.69, 9.17) is 9.92 Å². The van der Waals surface area contributed by atoms with Crippen molar-refractivity contribution in [3.63, 3.8) is 0 Å². The number of likely N-dealkylation sites (N-methyl/N-ethyl adjacent to an activating group) is 1. The first-order chi connectivity index (χ1) is 21.6. The van der Waals surface area contributed by atoms with Gasteiger partial charge >= 0.3 is 0 Å². The molecule has 2 aliphatic heterocycles. The van der Waals surface area contributed by atoms with Gasteiger partial charge in [0.05, 0.1) is 10.6 Å². The molecule has 4 rings (SSSR count). The fourth-order valence-electron chi connectivity index (χ4n) is 6.40. The zero-order chi connectivity index (χ0) is 34.0. The Bertz CT molecular complexity index is 1640. The quantitative estimate of drug-likeness (QED) is 0.249. The molecule has 2 unspecified atom stereocenters. The van der Waals surface area contributed by atoms with Gasteiger partial charge in [-0.15, -0.1) is 0 Å². The van der Waals surface area contributed by atoms with Gasteiger partial charge in [0.2, 0.25) is 5.91 Å². The smallest absolute Gasteiger partial charge is 0.298 e. The highest BCUT2D eigenvalue weighted by Crippen LogP contribution is 2.40. The Hall–Kier alpha value is -3.01. The fraction of sp³-hybridized carbons (Fsp3) is 0.548. The molecule has 5 atom stereocenters. The van der Waals surface area contributed by atoms with Crippen molar-refractivity contribution in [1.82, 2.24) is 9.80 Å². The minimum Gasteiger partial charge on any atom is -0.340 e. The largest absolute Gasteiger partial charge is 0.340 e. The van der Waals surface area contributed by atoms with Crippen LogP contribution in [0.4, 0.5) is 13.2 Å². The first kappa shape index (κ1) is 35.8. The molecule has 0 radical (unpaired) electrons. The van der Waals surface area contributed by atoms with E-state index in [9.17, 15) is 39.6 Å². The molecule has 0 spiro atoms. The van der Waals surface area contributed by atoms with Crippen LogP contribution in [-0.4, -0.2) is 80.9 Å². The van der Waals surface area contributed by atoms with E-state index in [0.29, 0.717) is 31.7 Å². The van der Waals surface area contributed by atoms with E-state index in [1.54, 1.807) is 25.7 Å². The van der Waals surface area contributed by atoms with Gasteiger partial charge in [0.15, 0.2) is 21.5 Å². The van der Waals surface area contributed by atoms with Crippen LogP contribution in [0.15, 0.2) is 41.3 Å². The SMILES string of the molecule is CCN(CC)C(=O)C(OS(=O)(=O)c1ccc(C)cc1)S(=O)(=O)CCC(=O)N1[C@@H]2CC[C@H]1CC([C@H](N)Cc1cc(F)c(F)cc1F)C2. The average Bonchev–Trinajstić information content (AvgIpc) is 3.26. The van der Waals surface area contributed by atoms with Gasteiger partial charge in [-0.05, 0) is 82.6 Å². The van der Waals surface area contributed by atoms with Crippen LogP contribution >= 0.6 is 0 Å². The number of nitrogens with two attached hydrogens (primary N) is 1. The highest BCUT2D eigenvalue weighted by atomic mass is 32.2. The number of hydrogen-bond acceptors (Lipinski definition) is 8. The minimum atomic E-state index is -4.66. The summed E-state index contributed by atoms with van der Waals surface area (Å²) in [6, 6.07) is 5.70. The second kappa shape index (κ2) is 14.4. The summed E-state index contributed by atoms with van der Waals surface area (Å²) in [5, 5.41) is 0. The molecule has 2 aromatic carbocycles. The average molecular weight is 688 g/mol. The molecule has 0 aromatic heterocycles. The van der Waals surface area contributed by atoms with Crippen LogP contribution in [-0.2, 0) is 40.1 Å². The van der Waals surface area contributed by atoms with Gasteiger partial charge in [0.1, 0.15) is 5.82 Å². The van der Waals surface area contributed by atoms with Crippen LogP contribution < -0.4 is 5.73 Å². The van der Waals surface area contributed by atoms with Gasteiger partial charge < -0.3 is 15.5 Å². The third kappa shape index (κ3) is 7.92. The first-order valence-electron chi connectivity index (χ1n) is 15.3. The lowest BCUT2D eigenvalue weighted by Crippen LogP contribution is -2.51. The van der Waals surface area contributed by atoms with Crippen molar-refractivity contribution in [3.05, 3.63) is 65.0 Å². The predicted molar refractivity (Wildman–Crippen MR) is 164 cm³/mol. The van der Waals surface area contributed by atoms with Crippen LogP contribution in [0, 0.1) is 30.3 Å². The standard InChI is InChI=1S/C31H40F3N3O7S2/c1-4-36(5-2)30(39)31(44-46(42,43)24-10-6-19(3)7-11-24)45(40,41)13-12-29(38)37-22-8-9-23(37)15-21(14-22)28(35)17-20-16-26(33)27(34)18-25(20)32/h6-7,10-11,16,18,21-23,28,31H,4-5,8-9,12-15,17,35H2,1-3H3/t21?,22-,23+,28-,31?/m1/s1. The van der Waals surface area contributed by atoms with Gasteiger partial charge in [0, 0.05) is 43.7 Å². The lowest BCUT2D eigenvalue weighted by atomic mass is 9.82. The van der Waals surface area contributed by atoms with E-state index in [1.807, 2.05) is 0 Å². The minimum absolute atomic E-state index is 0.0211. The lowest BCUT2D eigenvalue weighted by molar-refractivity contribution is -0.136. The Morgan fingerprint density at radius 3 is 2.09 bits per heavy atom. The maximum Gasteiger partial charge on any atom is 0.298 e. The third-order valence-corrected chi connectivity index (χ3v) is 12.1. The fourth-order valence-corrected chi connectivity index (χ4v) is 9.21. The van der Waals surface area contributed by atoms with Crippen LogP contribution in [0.1, 0.15) is 57.1 Å². The number of sulfone groups is 1. The molecule has 15 heteroatoms. The number of hydrogen-bond donors (Lipinski definition) is 1. The second-order valence-corrected chi connectivity index (χ2v) is 15.7. The summed E-state index contributed by atoms with van der Waals surface area (Å²) in [6.07, 6.45) is 1.69. The molecule has 0 saturated carbocycles. The number of amides is 2. The molecule has 2 fully saturated rings. The van der Waals surface area contributed by atoms with Crippen LogP contribution in [0.3, 0.4) is 0 Å². The Balaban J connectivity index is 1.45. The van der Waals surface area contributed by atoms with Crippen molar-refractivity contribution in [2.75, 3.05) is 18.8 Å². The van der Waals surface area contributed by atoms with Crippen molar-refractivity contribution < 1.29 is 43.8 Å². The van der Waals surface area contributed by atoms with Crippen molar-refractivity contribution >= 4 is 31.8 Å². The zero-order valence-electron chi connectivity index (χ0n) is 26.0. The Morgan fingerprint density at radius 1 is 0.957 bits per heavy atom. The molecule has 2 aliphatic rings. The normalized spacial score (nSPS) is 21.2. The molecular formula is C31H40F3N3O7S2. The zero-order valence-corrected chi connectivity index (χ0v) is 27.6. The molecule has 2 N–H and O–H groups in total. The van der Waals surface area contributed by atoms with E-state index in [2.05, 4.69) is 0 Å². The summed E-state index contributed by atoms with van der Waals surface area (Å²) in [4.78, 5) is 29.1. The first-order valence-corrected chi connectivity index (χ1v) is 18.4. The molecule has 2 heterocycles. The summed E-state index contributed by atoms with van der Waals surface area (Å²) >= 11 is 0. The third-order valence-electron chi connectivity index (χ3n) is 8.94. The number of carbonyl (C=O) groups excluding carboxylic acids is 2. The molecule has 10 nitrogen and oxygen atoms in total. The predicted octanol–water partition coefficient (Wildman–Crippen LogP) is 3.46. The van der Waals surface area contributed by atoms with Gasteiger partial charge in [0.25, 0.3) is 21.5 Å². The van der Waals surface area contributed by atoms with Crippen molar-refractivity contribution in [2.24, 2.45) is 11.7 Å². The van der Waals surface area contributed by atoms with Crippen molar-refractivity contribution in [2.45, 2.75) is 87.8 Å². The van der Waals surface area contributed by atoms with Crippen molar-refractivity contribution in [1.29, 1.82) is 0 Å². The summed E-state index contributed by atoms with van der Waals surface area (Å²) < 4.78 is 99.5. The molecule has 2 saturated heterocycles. The summed E-state index contributed by atoms with van der Waals surface area (Å²) in [7, 11) is -9.27. The van der Waals surface area contributed by atoms with E-state index in [-0.39, 0.29) is 48.0 Å². The number of aryl methyl sites for hydroxylation is 1. The Morgan fingerprint density at radius 2 is 1.52 bits per heavy atom. The van der Waals surface area contributed by atoms with Crippen LogP contribution in [0.2, 0.25) is 0 Å². The highest BCUT2D eigenvalue weighted by Gasteiger charge is 2.46. The molecule has 2 aromatic rings.